The zero-order valence-electron chi connectivity index (χ0n) is 18.0. The van der Waals surface area contributed by atoms with Crippen molar-refractivity contribution in [3.63, 3.8) is 0 Å². The molecule has 2 aromatic carbocycles. The van der Waals surface area contributed by atoms with Crippen LogP contribution >= 0.6 is 0 Å². The number of benzene rings is 2. The molecule has 0 spiro atoms. The third-order valence-corrected chi connectivity index (χ3v) is 4.52. The lowest BCUT2D eigenvalue weighted by molar-refractivity contribution is 0.242. The Morgan fingerprint density at radius 2 is 1.68 bits per heavy atom. The molecule has 0 aliphatic carbocycles. The standard InChI is InChI=1S/C23H25N5O3/c1-15(2)28-22(29)26-21(25-19-9-11-20(12-10-19)31-16(3)4)27(23(28)30)14-18-7-5-17(13-24)6-8-18/h5-12,15-16H,14H2,1-4H3,(H,25,26,29). The van der Waals surface area contributed by atoms with E-state index in [-0.39, 0.29) is 24.6 Å². The summed E-state index contributed by atoms with van der Waals surface area (Å²) in [6.07, 6.45) is 0.0571. The zero-order valence-corrected chi connectivity index (χ0v) is 18.0. The number of hydrogen-bond acceptors (Lipinski definition) is 6. The van der Waals surface area contributed by atoms with E-state index in [9.17, 15) is 9.59 Å². The molecule has 1 heterocycles. The molecule has 0 saturated heterocycles. The Hall–Kier alpha value is -3.86. The molecule has 1 aromatic heterocycles. The van der Waals surface area contributed by atoms with Crippen LogP contribution in [0.1, 0.15) is 44.9 Å². The fourth-order valence-corrected chi connectivity index (χ4v) is 3.07. The summed E-state index contributed by atoms with van der Waals surface area (Å²) in [6.45, 7) is 7.61. The molecule has 0 amide bonds. The van der Waals surface area contributed by atoms with Gasteiger partial charge >= 0.3 is 11.4 Å². The first kappa shape index (κ1) is 21.8. The van der Waals surface area contributed by atoms with Crippen LogP contribution < -0.4 is 21.4 Å². The maximum atomic E-state index is 13.1. The van der Waals surface area contributed by atoms with Crippen LogP contribution in [0, 0.1) is 11.3 Å². The Morgan fingerprint density at radius 1 is 1.03 bits per heavy atom. The molecule has 0 aliphatic heterocycles. The molecular weight excluding hydrogens is 394 g/mol. The van der Waals surface area contributed by atoms with Crippen LogP contribution in [0.25, 0.3) is 0 Å². The number of nitriles is 1. The number of nitrogens with zero attached hydrogens (tertiary/aromatic N) is 4. The van der Waals surface area contributed by atoms with Crippen LogP contribution in [0.4, 0.5) is 11.6 Å². The summed E-state index contributed by atoms with van der Waals surface area (Å²) in [5.74, 6) is 0.868. The lowest BCUT2D eigenvalue weighted by atomic mass is 10.1. The van der Waals surface area contributed by atoms with Gasteiger partial charge in [-0.3, -0.25) is 4.57 Å². The number of rotatable bonds is 7. The molecule has 31 heavy (non-hydrogen) atoms. The molecule has 0 radical (unpaired) electrons. The van der Waals surface area contributed by atoms with E-state index in [1.165, 1.54) is 4.57 Å². The molecule has 8 heteroatoms. The average Bonchev–Trinajstić information content (AvgIpc) is 2.72. The monoisotopic (exact) mass is 419 g/mol. The lowest BCUT2D eigenvalue weighted by Gasteiger charge is -2.17. The van der Waals surface area contributed by atoms with Crippen LogP contribution in [0.3, 0.4) is 0 Å². The van der Waals surface area contributed by atoms with Gasteiger partial charge in [0, 0.05) is 11.7 Å². The van der Waals surface area contributed by atoms with Gasteiger partial charge in [-0.05, 0) is 69.7 Å². The minimum atomic E-state index is -0.613. The molecule has 0 unspecified atom stereocenters. The van der Waals surface area contributed by atoms with Gasteiger partial charge in [0.25, 0.3) is 0 Å². The summed E-state index contributed by atoms with van der Waals surface area (Å²) in [5, 5.41) is 12.1. The molecule has 3 rings (SSSR count). The Kier molecular flexibility index (Phi) is 6.55. The van der Waals surface area contributed by atoms with Crippen molar-refractivity contribution in [2.24, 2.45) is 0 Å². The highest BCUT2D eigenvalue weighted by Crippen LogP contribution is 2.19. The summed E-state index contributed by atoms with van der Waals surface area (Å²) in [5.41, 5.74) is 0.933. The summed E-state index contributed by atoms with van der Waals surface area (Å²) < 4.78 is 8.18. The number of aromatic nitrogens is 3. The molecule has 0 bridgehead atoms. The van der Waals surface area contributed by atoms with Crippen LogP contribution in [0.15, 0.2) is 58.1 Å². The van der Waals surface area contributed by atoms with Gasteiger partial charge < -0.3 is 10.1 Å². The average molecular weight is 419 g/mol. The maximum absolute atomic E-state index is 13.1. The minimum Gasteiger partial charge on any atom is -0.491 e. The van der Waals surface area contributed by atoms with E-state index in [1.807, 2.05) is 13.8 Å². The van der Waals surface area contributed by atoms with Crippen LogP contribution in [0.2, 0.25) is 0 Å². The summed E-state index contributed by atoms with van der Waals surface area (Å²) in [4.78, 5) is 29.7. The third kappa shape index (κ3) is 5.20. The predicted molar refractivity (Wildman–Crippen MR) is 119 cm³/mol. The first-order chi connectivity index (χ1) is 14.8. The SMILES string of the molecule is CC(C)Oc1ccc(Nc2nc(=O)n(C(C)C)c(=O)n2Cc2ccc(C#N)cc2)cc1. The zero-order chi connectivity index (χ0) is 22.5. The molecule has 0 aliphatic rings. The van der Waals surface area contributed by atoms with Gasteiger partial charge in [0.15, 0.2) is 0 Å². The van der Waals surface area contributed by atoms with Crippen molar-refractivity contribution in [2.45, 2.75) is 46.4 Å². The number of ether oxygens (including phenoxy) is 1. The highest BCUT2D eigenvalue weighted by Gasteiger charge is 2.16. The molecule has 160 valence electrons. The van der Waals surface area contributed by atoms with E-state index in [0.29, 0.717) is 11.3 Å². The van der Waals surface area contributed by atoms with E-state index >= 15 is 0 Å². The van der Waals surface area contributed by atoms with Gasteiger partial charge in [0.05, 0.1) is 24.3 Å². The van der Waals surface area contributed by atoms with E-state index in [0.717, 1.165) is 15.9 Å². The second-order valence-corrected chi connectivity index (χ2v) is 7.68. The van der Waals surface area contributed by atoms with Gasteiger partial charge in [0.2, 0.25) is 5.95 Å². The van der Waals surface area contributed by atoms with Crippen LogP contribution in [-0.4, -0.2) is 20.2 Å². The largest absolute Gasteiger partial charge is 0.491 e. The maximum Gasteiger partial charge on any atom is 0.355 e. The fourth-order valence-electron chi connectivity index (χ4n) is 3.07. The molecule has 0 saturated carbocycles. The van der Waals surface area contributed by atoms with Gasteiger partial charge in [0.1, 0.15) is 5.75 Å². The van der Waals surface area contributed by atoms with Crippen molar-refractivity contribution in [3.8, 4) is 11.8 Å². The molecular formula is C23H25N5O3. The van der Waals surface area contributed by atoms with Crippen molar-refractivity contribution in [1.82, 2.24) is 14.1 Å². The molecule has 8 nitrogen and oxygen atoms in total. The van der Waals surface area contributed by atoms with E-state index in [2.05, 4.69) is 16.4 Å². The summed E-state index contributed by atoms with van der Waals surface area (Å²) in [7, 11) is 0. The van der Waals surface area contributed by atoms with Crippen molar-refractivity contribution < 1.29 is 4.74 Å². The summed E-state index contributed by atoms with van der Waals surface area (Å²) in [6, 6.07) is 15.9. The number of hydrogen-bond donors (Lipinski definition) is 1. The summed E-state index contributed by atoms with van der Waals surface area (Å²) >= 11 is 0. The molecule has 3 aromatic rings. The smallest absolute Gasteiger partial charge is 0.355 e. The quantitative estimate of drug-likeness (QED) is 0.629. The van der Waals surface area contributed by atoms with Crippen molar-refractivity contribution in [1.29, 1.82) is 5.26 Å². The first-order valence-electron chi connectivity index (χ1n) is 10.0. The van der Waals surface area contributed by atoms with Gasteiger partial charge in [-0.25, -0.2) is 14.2 Å². The highest BCUT2D eigenvalue weighted by atomic mass is 16.5. The van der Waals surface area contributed by atoms with Crippen LogP contribution in [-0.2, 0) is 6.54 Å². The van der Waals surface area contributed by atoms with E-state index < -0.39 is 11.4 Å². The Morgan fingerprint density at radius 3 is 2.23 bits per heavy atom. The van der Waals surface area contributed by atoms with Gasteiger partial charge in [-0.2, -0.15) is 10.2 Å². The molecule has 1 N–H and O–H groups in total. The lowest BCUT2D eigenvalue weighted by Crippen LogP contribution is -2.43. The molecule has 0 atom stereocenters. The fraction of sp³-hybridized carbons (Fsp3) is 0.304. The Labute approximate surface area is 180 Å². The van der Waals surface area contributed by atoms with Gasteiger partial charge in [-0.15, -0.1) is 0 Å². The third-order valence-electron chi connectivity index (χ3n) is 4.52. The van der Waals surface area contributed by atoms with Crippen LogP contribution in [0.5, 0.6) is 5.75 Å². The molecule has 0 fully saturated rings. The highest BCUT2D eigenvalue weighted by molar-refractivity contribution is 5.54. The topological polar surface area (TPSA) is 102 Å². The predicted octanol–water partition coefficient (Wildman–Crippen LogP) is 3.44. The first-order valence-corrected chi connectivity index (χ1v) is 10.0. The van der Waals surface area contributed by atoms with Gasteiger partial charge in [-0.1, -0.05) is 12.1 Å². The van der Waals surface area contributed by atoms with Crippen molar-refractivity contribution >= 4 is 11.6 Å². The van der Waals surface area contributed by atoms with E-state index in [1.54, 1.807) is 62.4 Å². The number of nitrogens with one attached hydrogen (secondary N) is 1. The Balaban J connectivity index is 2.01. The van der Waals surface area contributed by atoms with Crippen molar-refractivity contribution in [3.05, 3.63) is 80.6 Å². The normalized spacial score (nSPS) is 10.9. The number of anilines is 2. The van der Waals surface area contributed by atoms with Crippen molar-refractivity contribution in [2.75, 3.05) is 5.32 Å². The Bertz CT molecular complexity index is 1200. The second kappa shape index (κ2) is 9.30. The van der Waals surface area contributed by atoms with E-state index in [4.69, 9.17) is 10.00 Å². The minimum absolute atomic E-state index is 0.0571. The second-order valence-electron chi connectivity index (χ2n) is 7.68.